The molecule has 100 valence electrons. The third kappa shape index (κ3) is 4.44. The van der Waals surface area contributed by atoms with Gasteiger partial charge in [-0.25, -0.2) is 4.39 Å². The van der Waals surface area contributed by atoms with Crippen LogP contribution in [0.25, 0.3) is 0 Å². The molecule has 0 spiro atoms. The molecule has 6 heteroatoms. The van der Waals surface area contributed by atoms with Crippen molar-refractivity contribution in [1.82, 2.24) is 5.32 Å². The van der Waals surface area contributed by atoms with Crippen molar-refractivity contribution >= 4 is 22.4 Å². The van der Waals surface area contributed by atoms with Crippen LogP contribution in [0.15, 0.2) is 18.2 Å². The first kappa shape index (κ1) is 14.6. The van der Waals surface area contributed by atoms with Gasteiger partial charge < -0.3 is 11.1 Å². The summed E-state index contributed by atoms with van der Waals surface area (Å²) in [6, 6.07) is 4.55. The highest BCUT2D eigenvalue weighted by Crippen LogP contribution is 2.16. The monoisotopic (exact) mass is 272 g/mol. The molecule has 1 aromatic rings. The van der Waals surface area contributed by atoms with Crippen molar-refractivity contribution in [3.05, 3.63) is 29.6 Å². The Labute approximate surface area is 108 Å². The van der Waals surface area contributed by atoms with E-state index in [4.69, 9.17) is 5.73 Å². The lowest BCUT2D eigenvalue weighted by atomic mass is 10.2. The first-order valence-electron chi connectivity index (χ1n) is 5.57. The van der Waals surface area contributed by atoms with E-state index in [1.54, 1.807) is 6.07 Å². The zero-order chi connectivity index (χ0) is 13.7. The minimum atomic E-state index is -1.44. The molecule has 0 aliphatic rings. The summed E-state index contributed by atoms with van der Waals surface area (Å²) in [7, 11) is -1.44. The first-order chi connectivity index (χ1) is 8.40. The van der Waals surface area contributed by atoms with Gasteiger partial charge in [0.25, 0.3) is 0 Å². The summed E-state index contributed by atoms with van der Waals surface area (Å²) in [4.78, 5) is 11.4. The fraction of sp³-hybridized carbons (Fsp3) is 0.417. The lowest BCUT2D eigenvalue weighted by Gasteiger charge is -2.08. The van der Waals surface area contributed by atoms with E-state index in [9.17, 15) is 13.4 Å². The zero-order valence-corrected chi connectivity index (χ0v) is 11.2. The van der Waals surface area contributed by atoms with Gasteiger partial charge in [-0.15, -0.1) is 0 Å². The van der Waals surface area contributed by atoms with Crippen LogP contribution in [-0.2, 0) is 21.3 Å². The standard InChI is InChI=1S/C12H17FN2O2S/c1-8(2)15-11(16)7-18(17)6-9-4-3-5-10(14)12(9)13/h3-5,8H,6-7,14H2,1-2H3,(H,15,16). The van der Waals surface area contributed by atoms with Gasteiger partial charge in [0, 0.05) is 22.4 Å². The lowest BCUT2D eigenvalue weighted by Crippen LogP contribution is -2.34. The largest absolute Gasteiger partial charge is 0.396 e. The van der Waals surface area contributed by atoms with Crippen LogP contribution in [0.2, 0.25) is 0 Å². The third-order valence-corrected chi connectivity index (χ3v) is 3.38. The number of nitrogen functional groups attached to an aromatic ring is 1. The van der Waals surface area contributed by atoms with Gasteiger partial charge in [0.05, 0.1) is 11.4 Å². The van der Waals surface area contributed by atoms with E-state index in [1.807, 2.05) is 13.8 Å². The molecule has 0 fully saturated rings. The average Bonchev–Trinajstić information content (AvgIpc) is 2.23. The molecule has 0 heterocycles. The molecule has 0 saturated carbocycles. The second-order valence-corrected chi connectivity index (χ2v) is 5.73. The molecule has 18 heavy (non-hydrogen) atoms. The number of hydrogen-bond donors (Lipinski definition) is 2. The molecule has 1 rings (SSSR count). The normalized spacial score (nSPS) is 12.4. The number of carbonyl (C=O) groups is 1. The zero-order valence-electron chi connectivity index (χ0n) is 10.4. The highest BCUT2D eigenvalue weighted by molar-refractivity contribution is 7.84. The van der Waals surface area contributed by atoms with E-state index in [0.29, 0.717) is 0 Å². The van der Waals surface area contributed by atoms with Crippen molar-refractivity contribution in [3.63, 3.8) is 0 Å². The van der Waals surface area contributed by atoms with E-state index >= 15 is 0 Å². The maximum Gasteiger partial charge on any atom is 0.232 e. The lowest BCUT2D eigenvalue weighted by molar-refractivity contribution is -0.119. The van der Waals surface area contributed by atoms with Gasteiger partial charge in [0.1, 0.15) is 11.6 Å². The number of nitrogens with two attached hydrogens (primary N) is 1. The maximum absolute atomic E-state index is 13.5. The smallest absolute Gasteiger partial charge is 0.232 e. The Morgan fingerprint density at radius 2 is 2.17 bits per heavy atom. The predicted molar refractivity (Wildman–Crippen MR) is 70.8 cm³/mol. The van der Waals surface area contributed by atoms with Crippen LogP contribution in [0.1, 0.15) is 19.4 Å². The molecule has 4 nitrogen and oxygen atoms in total. The van der Waals surface area contributed by atoms with E-state index in [2.05, 4.69) is 5.32 Å². The number of benzene rings is 1. The molecule has 3 N–H and O–H groups in total. The molecule has 0 aliphatic carbocycles. The molecule has 0 saturated heterocycles. The summed E-state index contributed by atoms with van der Waals surface area (Å²) in [5, 5.41) is 2.63. The van der Waals surface area contributed by atoms with Crippen LogP contribution < -0.4 is 11.1 Å². The summed E-state index contributed by atoms with van der Waals surface area (Å²) in [6.07, 6.45) is 0. The quantitative estimate of drug-likeness (QED) is 0.791. The SMILES string of the molecule is CC(C)NC(=O)CS(=O)Cc1cccc(N)c1F. The summed E-state index contributed by atoms with van der Waals surface area (Å²) in [5.74, 6) is -1.00. The van der Waals surface area contributed by atoms with Crippen LogP contribution in [0.3, 0.4) is 0 Å². The summed E-state index contributed by atoms with van der Waals surface area (Å²) >= 11 is 0. The van der Waals surface area contributed by atoms with Crippen LogP contribution in [0.5, 0.6) is 0 Å². The van der Waals surface area contributed by atoms with Gasteiger partial charge in [-0.05, 0) is 19.9 Å². The Morgan fingerprint density at radius 1 is 1.50 bits per heavy atom. The van der Waals surface area contributed by atoms with E-state index < -0.39 is 16.6 Å². The van der Waals surface area contributed by atoms with E-state index in [1.165, 1.54) is 12.1 Å². The van der Waals surface area contributed by atoms with Crippen molar-refractivity contribution in [1.29, 1.82) is 0 Å². The Balaban J connectivity index is 2.60. The van der Waals surface area contributed by atoms with Gasteiger partial charge in [0.2, 0.25) is 5.91 Å². The highest BCUT2D eigenvalue weighted by Gasteiger charge is 2.13. The summed E-state index contributed by atoms with van der Waals surface area (Å²) < 4.78 is 25.3. The predicted octanol–water partition coefficient (Wildman–Crippen LogP) is 1.18. The van der Waals surface area contributed by atoms with Gasteiger partial charge in [-0.3, -0.25) is 9.00 Å². The third-order valence-electron chi connectivity index (χ3n) is 2.17. The number of nitrogens with one attached hydrogen (secondary N) is 1. The van der Waals surface area contributed by atoms with Gasteiger partial charge >= 0.3 is 0 Å². The topological polar surface area (TPSA) is 72.2 Å². The molecule has 1 unspecified atom stereocenters. The molecule has 0 bridgehead atoms. The maximum atomic E-state index is 13.5. The molecular formula is C12H17FN2O2S. The number of anilines is 1. The molecule has 0 radical (unpaired) electrons. The van der Waals surface area contributed by atoms with Crippen molar-refractivity contribution in [2.75, 3.05) is 11.5 Å². The number of hydrogen-bond acceptors (Lipinski definition) is 3. The second-order valence-electron chi connectivity index (χ2n) is 4.27. The fourth-order valence-electron chi connectivity index (χ4n) is 1.45. The van der Waals surface area contributed by atoms with Crippen LogP contribution >= 0.6 is 0 Å². The average molecular weight is 272 g/mol. The number of halogens is 1. The number of amides is 1. The molecule has 1 amide bonds. The van der Waals surface area contributed by atoms with E-state index in [0.717, 1.165) is 0 Å². The van der Waals surface area contributed by atoms with Gasteiger partial charge in [-0.2, -0.15) is 0 Å². The van der Waals surface area contributed by atoms with Crippen molar-refractivity contribution < 1.29 is 13.4 Å². The van der Waals surface area contributed by atoms with Crippen molar-refractivity contribution in [2.45, 2.75) is 25.6 Å². The second kappa shape index (κ2) is 6.49. The number of carbonyl (C=O) groups excluding carboxylic acids is 1. The summed E-state index contributed by atoms with van der Waals surface area (Å²) in [6.45, 7) is 3.64. The van der Waals surface area contributed by atoms with Gasteiger partial charge in [-0.1, -0.05) is 12.1 Å². The highest BCUT2D eigenvalue weighted by atomic mass is 32.2. The van der Waals surface area contributed by atoms with Crippen molar-refractivity contribution in [2.24, 2.45) is 0 Å². The van der Waals surface area contributed by atoms with E-state index in [-0.39, 0.29) is 34.7 Å². The Hall–Kier alpha value is -1.43. The molecular weight excluding hydrogens is 255 g/mol. The Morgan fingerprint density at radius 3 is 2.78 bits per heavy atom. The first-order valence-corrected chi connectivity index (χ1v) is 7.06. The Kier molecular flexibility index (Phi) is 5.27. The van der Waals surface area contributed by atoms with Crippen LogP contribution in [-0.4, -0.2) is 21.9 Å². The van der Waals surface area contributed by atoms with Crippen LogP contribution in [0, 0.1) is 5.82 Å². The Bertz CT molecular complexity index is 463. The van der Waals surface area contributed by atoms with Gasteiger partial charge in [0.15, 0.2) is 0 Å². The number of rotatable bonds is 5. The fourth-order valence-corrected chi connectivity index (χ4v) is 2.49. The molecule has 1 aromatic carbocycles. The van der Waals surface area contributed by atoms with Crippen molar-refractivity contribution in [3.8, 4) is 0 Å². The minimum Gasteiger partial charge on any atom is -0.396 e. The molecule has 1 atom stereocenters. The van der Waals surface area contributed by atoms with Crippen LogP contribution in [0.4, 0.5) is 10.1 Å². The molecule has 0 aliphatic heterocycles. The summed E-state index contributed by atoms with van der Waals surface area (Å²) in [5.41, 5.74) is 5.70. The minimum absolute atomic E-state index is 0.00129. The molecule has 0 aromatic heterocycles.